The average Bonchev–Trinajstić information content (AvgIpc) is 2.99. The summed E-state index contributed by atoms with van der Waals surface area (Å²) >= 11 is 0. The first-order valence-corrected chi connectivity index (χ1v) is 7.57. The molecule has 1 aromatic carbocycles. The van der Waals surface area contributed by atoms with Crippen molar-refractivity contribution in [2.45, 2.75) is 6.92 Å². The van der Waals surface area contributed by atoms with E-state index in [1.54, 1.807) is 0 Å². The van der Waals surface area contributed by atoms with Gasteiger partial charge in [-0.2, -0.15) is 0 Å². The zero-order valence-corrected chi connectivity index (χ0v) is 13.9. The molecule has 0 unspecified atom stereocenters. The van der Waals surface area contributed by atoms with Gasteiger partial charge in [-0.1, -0.05) is 0 Å². The predicted octanol–water partition coefficient (Wildman–Crippen LogP) is -0.168. The maximum Gasteiger partial charge on any atom is 0.318 e. The van der Waals surface area contributed by atoms with Crippen LogP contribution < -0.4 is 4.90 Å². The lowest BCUT2D eigenvalue weighted by Gasteiger charge is -2.24. The number of anilines is 1. The van der Waals surface area contributed by atoms with E-state index in [1.807, 2.05) is 0 Å². The molecule has 2 rings (SSSR count). The molecule has 26 heavy (non-hydrogen) atoms. The van der Waals surface area contributed by atoms with Crippen LogP contribution in [0.4, 0.5) is 15.8 Å². The van der Waals surface area contributed by atoms with Crippen molar-refractivity contribution in [3.05, 3.63) is 34.1 Å². The standard InChI is InChI=1S/C15H18FN3O7/c1-15(6-20,7-21)14(23)26-9-18-8-17(5-13(18)22)12-3-2-10(19(24)25)4-11(12)16/h2-4,20-21H,5-9H2,1H3. The number of carbonyl (C=O) groups excluding carboxylic acids is 2. The van der Waals surface area contributed by atoms with Gasteiger partial charge in [-0.05, 0) is 13.0 Å². The Morgan fingerprint density at radius 3 is 2.62 bits per heavy atom. The molecule has 0 atom stereocenters. The number of benzene rings is 1. The summed E-state index contributed by atoms with van der Waals surface area (Å²) in [6, 6.07) is 3.08. The summed E-state index contributed by atoms with van der Waals surface area (Å²) in [6.07, 6.45) is 0. The second-order valence-corrected chi connectivity index (χ2v) is 6.10. The first kappa shape index (κ1) is 19.5. The Balaban J connectivity index is 2.03. The summed E-state index contributed by atoms with van der Waals surface area (Å²) in [4.78, 5) is 36.3. The van der Waals surface area contributed by atoms with Crippen molar-refractivity contribution in [2.75, 3.05) is 38.1 Å². The Hall–Kier alpha value is -2.79. The van der Waals surface area contributed by atoms with Crippen LogP contribution in [0.1, 0.15) is 6.92 Å². The topological polar surface area (TPSA) is 133 Å². The minimum Gasteiger partial charge on any atom is -0.444 e. The number of rotatable bonds is 7. The van der Waals surface area contributed by atoms with Gasteiger partial charge in [-0.15, -0.1) is 0 Å². The fourth-order valence-electron chi connectivity index (χ4n) is 2.23. The van der Waals surface area contributed by atoms with Gasteiger partial charge >= 0.3 is 5.97 Å². The molecule has 2 N–H and O–H groups in total. The summed E-state index contributed by atoms with van der Waals surface area (Å²) in [5.74, 6) is -2.17. The molecule has 1 aliphatic heterocycles. The van der Waals surface area contributed by atoms with Crippen LogP contribution in [0.25, 0.3) is 0 Å². The Bertz CT molecular complexity index is 723. The van der Waals surface area contributed by atoms with Crippen molar-refractivity contribution in [3.63, 3.8) is 0 Å². The molecule has 142 valence electrons. The van der Waals surface area contributed by atoms with Crippen LogP contribution in [0.2, 0.25) is 0 Å². The fourth-order valence-corrected chi connectivity index (χ4v) is 2.23. The Labute approximate surface area is 147 Å². The number of hydrogen-bond acceptors (Lipinski definition) is 8. The summed E-state index contributed by atoms with van der Waals surface area (Å²) < 4.78 is 19.0. The molecule has 11 heteroatoms. The molecule has 0 radical (unpaired) electrons. The summed E-state index contributed by atoms with van der Waals surface area (Å²) in [7, 11) is 0. The third-order valence-corrected chi connectivity index (χ3v) is 4.05. The molecule has 1 saturated heterocycles. The van der Waals surface area contributed by atoms with Gasteiger partial charge < -0.3 is 19.8 Å². The minimum absolute atomic E-state index is 0.00771. The SMILES string of the molecule is CC(CO)(CO)C(=O)OCN1CN(c2ccc([N+](=O)[O-])cc2F)CC1=O. The highest BCUT2D eigenvalue weighted by Crippen LogP contribution is 2.26. The maximum absolute atomic E-state index is 14.1. The highest BCUT2D eigenvalue weighted by Gasteiger charge is 2.36. The molecule has 10 nitrogen and oxygen atoms in total. The van der Waals surface area contributed by atoms with E-state index in [4.69, 9.17) is 14.9 Å². The van der Waals surface area contributed by atoms with E-state index in [9.17, 15) is 24.1 Å². The first-order valence-electron chi connectivity index (χ1n) is 7.57. The monoisotopic (exact) mass is 371 g/mol. The number of esters is 1. The molecule has 1 aromatic rings. The highest BCUT2D eigenvalue weighted by molar-refractivity contribution is 5.85. The minimum atomic E-state index is -1.49. The molecule has 1 heterocycles. The van der Waals surface area contributed by atoms with Gasteiger partial charge in [0.05, 0.1) is 43.1 Å². The van der Waals surface area contributed by atoms with Crippen molar-refractivity contribution in [1.29, 1.82) is 0 Å². The van der Waals surface area contributed by atoms with E-state index in [2.05, 4.69) is 0 Å². The number of nitro benzene ring substituents is 1. The van der Waals surface area contributed by atoms with Gasteiger partial charge in [0.25, 0.3) is 5.69 Å². The van der Waals surface area contributed by atoms with Crippen molar-refractivity contribution >= 4 is 23.3 Å². The van der Waals surface area contributed by atoms with Crippen molar-refractivity contribution in [3.8, 4) is 0 Å². The van der Waals surface area contributed by atoms with Crippen LogP contribution in [-0.4, -0.2) is 65.1 Å². The van der Waals surface area contributed by atoms with E-state index in [1.165, 1.54) is 17.9 Å². The zero-order valence-electron chi connectivity index (χ0n) is 13.9. The number of halogens is 1. The van der Waals surface area contributed by atoms with Crippen LogP contribution in [-0.2, 0) is 14.3 Å². The summed E-state index contributed by atoms with van der Waals surface area (Å²) in [5.41, 5.74) is -1.89. The normalized spacial score (nSPS) is 14.7. The number of aliphatic hydroxyl groups excluding tert-OH is 2. The maximum atomic E-state index is 14.1. The number of nitro groups is 1. The number of non-ortho nitro benzene ring substituents is 1. The first-order chi connectivity index (χ1) is 12.2. The second kappa shape index (κ2) is 7.62. The Morgan fingerprint density at radius 2 is 2.08 bits per heavy atom. The fraction of sp³-hybridized carbons (Fsp3) is 0.467. The molecule has 0 saturated carbocycles. The number of aliphatic hydroxyl groups is 2. The van der Waals surface area contributed by atoms with Crippen LogP contribution in [0, 0.1) is 21.3 Å². The Kier molecular flexibility index (Phi) is 5.73. The molecule has 0 aromatic heterocycles. The summed E-state index contributed by atoms with van der Waals surface area (Å²) in [5, 5.41) is 28.9. The van der Waals surface area contributed by atoms with Gasteiger partial charge in [0.15, 0.2) is 12.5 Å². The molecule has 0 aliphatic carbocycles. The number of carbonyl (C=O) groups is 2. The van der Waals surface area contributed by atoms with Gasteiger partial charge in [-0.3, -0.25) is 24.6 Å². The van der Waals surface area contributed by atoms with E-state index in [0.29, 0.717) is 0 Å². The molecular formula is C15H18FN3O7. The number of amides is 1. The lowest BCUT2D eigenvalue weighted by atomic mass is 9.93. The lowest BCUT2D eigenvalue weighted by molar-refractivity contribution is -0.385. The largest absolute Gasteiger partial charge is 0.444 e. The van der Waals surface area contributed by atoms with Gasteiger partial charge in [0, 0.05) is 6.07 Å². The second-order valence-electron chi connectivity index (χ2n) is 6.10. The van der Waals surface area contributed by atoms with E-state index in [-0.39, 0.29) is 18.9 Å². The predicted molar refractivity (Wildman–Crippen MR) is 85.4 cm³/mol. The van der Waals surface area contributed by atoms with Crippen molar-refractivity contribution < 1.29 is 33.9 Å². The van der Waals surface area contributed by atoms with E-state index >= 15 is 0 Å². The zero-order chi connectivity index (χ0) is 19.5. The molecular weight excluding hydrogens is 353 g/mol. The molecule has 1 fully saturated rings. The average molecular weight is 371 g/mol. The summed E-state index contributed by atoms with van der Waals surface area (Å²) in [6.45, 7) is -0.662. The van der Waals surface area contributed by atoms with Crippen LogP contribution >= 0.6 is 0 Å². The van der Waals surface area contributed by atoms with Crippen LogP contribution in [0.3, 0.4) is 0 Å². The lowest BCUT2D eigenvalue weighted by Crippen LogP contribution is -2.40. The molecule has 1 amide bonds. The van der Waals surface area contributed by atoms with Crippen LogP contribution in [0.15, 0.2) is 18.2 Å². The van der Waals surface area contributed by atoms with Gasteiger partial charge in [-0.25, -0.2) is 4.39 Å². The third kappa shape index (κ3) is 3.89. The molecule has 0 spiro atoms. The highest BCUT2D eigenvalue weighted by atomic mass is 19.1. The van der Waals surface area contributed by atoms with Crippen molar-refractivity contribution in [1.82, 2.24) is 4.90 Å². The molecule has 1 aliphatic rings. The third-order valence-electron chi connectivity index (χ3n) is 4.05. The molecule has 0 bridgehead atoms. The Morgan fingerprint density at radius 1 is 1.42 bits per heavy atom. The number of nitrogens with zero attached hydrogens (tertiary/aromatic N) is 3. The van der Waals surface area contributed by atoms with E-state index in [0.717, 1.165) is 17.0 Å². The van der Waals surface area contributed by atoms with E-state index < -0.39 is 53.7 Å². The quantitative estimate of drug-likeness (QED) is 0.383. The van der Waals surface area contributed by atoms with Gasteiger partial charge in [0.2, 0.25) is 5.91 Å². The van der Waals surface area contributed by atoms with Crippen LogP contribution in [0.5, 0.6) is 0 Å². The van der Waals surface area contributed by atoms with Gasteiger partial charge in [0.1, 0.15) is 5.41 Å². The van der Waals surface area contributed by atoms with Crippen molar-refractivity contribution in [2.24, 2.45) is 5.41 Å². The number of hydrogen-bond donors (Lipinski definition) is 2. The number of ether oxygens (including phenoxy) is 1. The smallest absolute Gasteiger partial charge is 0.318 e.